The molecule has 1 atom stereocenters. The molecule has 0 aliphatic rings. The lowest BCUT2D eigenvalue weighted by Crippen LogP contribution is -2.19. The van der Waals surface area contributed by atoms with Crippen LogP contribution < -0.4 is 15.4 Å². The maximum Gasteiger partial charge on any atom is 0.242 e. The molecule has 6 nitrogen and oxygen atoms in total. The fourth-order valence-electron chi connectivity index (χ4n) is 3.20. The Morgan fingerprint density at radius 2 is 1.76 bits per heavy atom. The highest BCUT2D eigenvalue weighted by Gasteiger charge is 2.24. The third-order valence-corrected chi connectivity index (χ3v) is 7.62. The van der Waals surface area contributed by atoms with E-state index in [1.165, 1.54) is 34.2 Å². The van der Waals surface area contributed by atoms with E-state index < -0.39 is 5.25 Å². The van der Waals surface area contributed by atoms with E-state index in [2.05, 4.69) is 46.8 Å². The summed E-state index contributed by atoms with van der Waals surface area (Å²) in [5.74, 6) is 0.364. The summed E-state index contributed by atoms with van der Waals surface area (Å²) in [5.41, 5.74) is 4.83. The molecule has 34 heavy (non-hydrogen) atoms. The maximum atomic E-state index is 13.3. The lowest BCUT2D eigenvalue weighted by molar-refractivity contribution is -0.115. The van der Waals surface area contributed by atoms with Gasteiger partial charge in [-0.3, -0.25) is 4.79 Å². The predicted octanol–water partition coefficient (Wildman–Crippen LogP) is 7.03. The molecule has 174 valence electrons. The molecule has 0 saturated heterocycles. The van der Waals surface area contributed by atoms with E-state index in [1.54, 1.807) is 25.3 Å². The highest BCUT2D eigenvalue weighted by atomic mass is 35.5. The Morgan fingerprint density at radius 3 is 2.47 bits per heavy atom. The second-order valence-electron chi connectivity index (χ2n) is 7.54. The molecule has 1 unspecified atom stereocenters. The van der Waals surface area contributed by atoms with Crippen molar-refractivity contribution < 1.29 is 9.53 Å². The number of aromatic nitrogens is 2. The van der Waals surface area contributed by atoms with E-state index in [1.807, 2.05) is 36.4 Å². The van der Waals surface area contributed by atoms with Gasteiger partial charge in [0.25, 0.3) is 0 Å². The molecule has 3 aromatic carbocycles. The highest BCUT2D eigenvalue weighted by molar-refractivity contribution is 8.02. The van der Waals surface area contributed by atoms with E-state index in [4.69, 9.17) is 16.3 Å². The number of hydrogen-bond donors (Lipinski definition) is 2. The van der Waals surface area contributed by atoms with Gasteiger partial charge in [-0.1, -0.05) is 71.1 Å². The second kappa shape index (κ2) is 10.9. The molecular weight excluding hydrogens is 488 g/mol. The zero-order chi connectivity index (χ0) is 24.1. The summed E-state index contributed by atoms with van der Waals surface area (Å²) >= 11 is 8.98. The van der Waals surface area contributed by atoms with E-state index in [-0.39, 0.29) is 5.91 Å². The number of nitrogens with one attached hydrogen (secondary N) is 2. The summed E-state index contributed by atoms with van der Waals surface area (Å²) in [4.78, 5) is 13.3. The van der Waals surface area contributed by atoms with Crippen LogP contribution in [0.25, 0.3) is 0 Å². The predicted molar refractivity (Wildman–Crippen MR) is 141 cm³/mol. The lowest BCUT2D eigenvalue weighted by Gasteiger charge is -2.16. The van der Waals surface area contributed by atoms with E-state index in [9.17, 15) is 4.79 Å². The van der Waals surface area contributed by atoms with Crippen LogP contribution >= 0.6 is 34.7 Å². The van der Waals surface area contributed by atoms with Crippen molar-refractivity contribution in [3.05, 3.63) is 88.4 Å². The lowest BCUT2D eigenvalue weighted by atomic mass is 10.1. The highest BCUT2D eigenvalue weighted by Crippen LogP contribution is 2.39. The minimum atomic E-state index is -0.524. The van der Waals surface area contributed by atoms with Crippen LogP contribution in [-0.2, 0) is 4.79 Å². The molecule has 0 bridgehead atoms. The summed E-state index contributed by atoms with van der Waals surface area (Å²) in [6.07, 6.45) is 0. The van der Waals surface area contributed by atoms with E-state index in [0.29, 0.717) is 25.9 Å². The molecule has 0 aliphatic carbocycles. The summed E-state index contributed by atoms with van der Waals surface area (Å²) in [6.45, 7) is 4.15. The smallest absolute Gasteiger partial charge is 0.242 e. The molecule has 0 spiro atoms. The first kappa shape index (κ1) is 24.1. The number of amides is 1. The molecular formula is C25H23ClN4O2S2. The third kappa shape index (κ3) is 5.88. The number of carbonyl (C=O) groups excluding carboxylic acids is 1. The number of carbonyl (C=O) groups is 1. The number of ether oxygens (including phenoxy) is 1. The Labute approximate surface area is 211 Å². The molecule has 1 amide bonds. The van der Waals surface area contributed by atoms with Gasteiger partial charge in [0.05, 0.1) is 12.1 Å². The molecule has 4 rings (SSSR count). The van der Waals surface area contributed by atoms with Crippen molar-refractivity contribution >= 4 is 57.1 Å². The summed E-state index contributed by atoms with van der Waals surface area (Å²) in [7, 11) is 1.55. The molecule has 2 N–H and O–H groups in total. The molecule has 0 aliphatic heterocycles. The molecule has 0 radical (unpaired) electrons. The number of hydrogen-bond acceptors (Lipinski definition) is 7. The number of thioether (sulfide) groups is 1. The van der Waals surface area contributed by atoms with Crippen molar-refractivity contribution in [1.82, 2.24) is 10.2 Å². The molecule has 1 aromatic heterocycles. The van der Waals surface area contributed by atoms with Crippen LogP contribution in [0, 0.1) is 13.8 Å². The Bertz CT molecular complexity index is 1300. The third-order valence-electron chi connectivity index (χ3n) is 5.14. The van der Waals surface area contributed by atoms with E-state index in [0.717, 1.165) is 11.3 Å². The largest absolute Gasteiger partial charge is 0.495 e. The topological polar surface area (TPSA) is 76.1 Å². The summed E-state index contributed by atoms with van der Waals surface area (Å²) in [5, 5.41) is 15.4. The second-order valence-corrected chi connectivity index (χ2v) is 10.3. The van der Waals surface area contributed by atoms with Crippen LogP contribution in [0.4, 0.5) is 16.5 Å². The molecule has 0 fully saturated rings. The standard InChI is InChI=1S/C25H23ClN4O2S2/c1-15-9-10-18(13-16(15)2)28-24-29-30-25(34-24)33-22(17-7-5-4-6-8-17)23(31)27-19-11-12-21(32-3)20(26)14-19/h4-14,22H,1-3H3,(H,27,31)(H,28,29). The average Bonchev–Trinajstić information content (AvgIpc) is 3.27. The Hall–Kier alpha value is -3.07. The first-order valence-corrected chi connectivity index (χ1v) is 12.5. The van der Waals surface area contributed by atoms with Gasteiger partial charge in [-0.05, 0) is 60.9 Å². The Morgan fingerprint density at radius 1 is 1.00 bits per heavy atom. The van der Waals surface area contributed by atoms with Gasteiger partial charge >= 0.3 is 0 Å². The SMILES string of the molecule is COc1ccc(NC(=O)C(Sc2nnc(Nc3ccc(C)c(C)c3)s2)c2ccccc2)cc1Cl. The summed E-state index contributed by atoms with van der Waals surface area (Å²) < 4.78 is 5.87. The van der Waals surface area contributed by atoms with Gasteiger partial charge in [0.15, 0.2) is 4.34 Å². The minimum Gasteiger partial charge on any atom is -0.495 e. The van der Waals surface area contributed by atoms with Crippen LogP contribution in [0.1, 0.15) is 21.9 Å². The van der Waals surface area contributed by atoms with Gasteiger partial charge in [-0.2, -0.15) is 0 Å². The number of benzene rings is 3. The maximum absolute atomic E-state index is 13.3. The van der Waals surface area contributed by atoms with Gasteiger partial charge < -0.3 is 15.4 Å². The quantitative estimate of drug-likeness (QED) is 0.248. The Kier molecular flexibility index (Phi) is 7.72. The molecule has 4 aromatic rings. The number of aryl methyl sites for hydroxylation is 2. The van der Waals surface area contributed by atoms with Crippen LogP contribution in [-0.4, -0.2) is 23.2 Å². The number of nitrogens with zero attached hydrogens (tertiary/aromatic N) is 2. The van der Waals surface area contributed by atoms with Gasteiger partial charge in [-0.25, -0.2) is 0 Å². The van der Waals surface area contributed by atoms with Crippen LogP contribution in [0.3, 0.4) is 0 Å². The van der Waals surface area contributed by atoms with Gasteiger partial charge in [-0.15, -0.1) is 10.2 Å². The Balaban J connectivity index is 1.52. The number of anilines is 3. The van der Waals surface area contributed by atoms with Crippen LogP contribution in [0.5, 0.6) is 5.75 Å². The zero-order valence-electron chi connectivity index (χ0n) is 18.8. The van der Waals surface area contributed by atoms with Crippen LogP contribution in [0.2, 0.25) is 5.02 Å². The molecule has 1 heterocycles. The fourth-order valence-corrected chi connectivity index (χ4v) is 5.43. The molecule has 9 heteroatoms. The number of halogens is 1. The fraction of sp³-hybridized carbons (Fsp3) is 0.160. The first-order chi connectivity index (χ1) is 16.4. The van der Waals surface area contributed by atoms with Crippen molar-refractivity contribution in [2.24, 2.45) is 0 Å². The van der Waals surface area contributed by atoms with Gasteiger partial charge in [0.2, 0.25) is 11.0 Å². The summed E-state index contributed by atoms with van der Waals surface area (Å²) in [6, 6.07) is 20.9. The monoisotopic (exact) mass is 510 g/mol. The average molecular weight is 511 g/mol. The first-order valence-electron chi connectivity index (χ1n) is 10.5. The van der Waals surface area contributed by atoms with Crippen LogP contribution in [0.15, 0.2) is 71.1 Å². The van der Waals surface area contributed by atoms with Gasteiger partial charge in [0.1, 0.15) is 11.0 Å². The van der Waals surface area contributed by atoms with Crippen molar-refractivity contribution in [3.63, 3.8) is 0 Å². The van der Waals surface area contributed by atoms with Gasteiger partial charge in [0, 0.05) is 11.4 Å². The molecule has 0 saturated carbocycles. The number of rotatable bonds is 8. The van der Waals surface area contributed by atoms with Crippen molar-refractivity contribution in [1.29, 1.82) is 0 Å². The van der Waals surface area contributed by atoms with Crippen molar-refractivity contribution in [3.8, 4) is 5.75 Å². The van der Waals surface area contributed by atoms with E-state index >= 15 is 0 Å². The zero-order valence-corrected chi connectivity index (χ0v) is 21.2. The minimum absolute atomic E-state index is 0.184. The van der Waals surface area contributed by atoms with Crippen molar-refractivity contribution in [2.75, 3.05) is 17.7 Å². The number of methoxy groups -OCH3 is 1. The normalized spacial score (nSPS) is 11.6. The van der Waals surface area contributed by atoms with Crippen molar-refractivity contribution in [2.45, 2.75) is 23.4 Å².